The molecule has 2 heterocycles. The third-order valence-electron chi connectivity index (χ3n) is 5.53. The first-order chi connectivity index (χ1) is 13.3. The number of hydrogen-bond donors (Lipinski definition) is 2. The van der Waals surface area contributed by atoms with Gasteiger partial charge in [0.2, 0.25) is 0 Å². The van der Waals surface area contributed by atoms with Gasteiger partial charge in [-0.2, -0.15) is 0 Å². The maximum Gasteiger partial charge on any atom is 0.128 e. The molecule has 1 aliphatic rings. The molecule has 1 atom stereocenters. The number of likely N-dealkylation sites (tertiary alicyclic amines) is 1. The van der Waals surface area contributed by atoms with Gasteiger partial charge in [-0.1, -0.05) is 36.4 Å². The lowest BCUT2D eigenvalue weighted by Gasteiger charge is -2.33. The lowest BCUT2D eigenvalue weighted by atomic mass is 9.90. The van der Waals surface area contributed by atoms with E-state index in [9.17, 15) is 5.11 Å². The van der Waals surface area contributed by atoms with E-state index in [2.05, 4.69) is 40.2 Å². The van der Waals surface area contributed by atoms with Crippen LogP contribution in [0.15, 0.2) is 60.8 Å². The number of hydrogen-bond acceptors (Lipinski definition) is 3. The van der Waals surface area contributed by atoms with Crippen LogP contribution in [0, 0.1) is 5.92 Å². The van der Waals surface area contributed by atoms with Crippen molar-refractivity contribution in [3.8, 4) is 5.75 Å². The molecule has 0 bridgehead atoms. The van der Waals surface area contributed by atoms with Crippen LogP contribution in [0.1, 0.15) is 18.4 Å². The molecule has 4 nitrogen and oxygen atoms in total. The normalized spacial score (nSPS) is 17.2. The van der Waals surface area contributed by atoms with E-state index >= 15 is 0 Å². The number of aliphatic hydroxyl groups is 1. The van der Waals surface area contributed by atoms with Crippen LogP contribution in [0.3, 0.4) is 0 Å². The van der Waals surface area contributed by atoms with Crippen LogP contribution in [0.5, 0.6) is 5.75 Å². The lowest BCUT2D eigenvalue weighted by Crippen LogP contribution is -2.41. The van der Waals surface area contributed by atoms with Crippen molar-refractivity contribution in [2.24, 2.45) is 5.92 Å². The largest absolute Gasteiger partial charge is 0.490 e. The number of aliphatic hydroxyl groups excluding tert-OH is 1. The summed E-state index contributed by atoms with van der Waals surface area (Å²) < 4.78 is 5.88. The number of benzene rings is 2. The van der Waals surface area contributed by atoms with Crippen LogP contribution >= 0.6 is 0 Å². The van der Waals surface area contributed by atoms with Crippen molar-refractivity contribution in [2.75, 3.05) is 26.2 Å². The van der Waals surface area contributed by atoms with Gasteiger partial charge in [0, 0.05) is 23.6 Å². The zero-order valence-electron chi connectivity index (χ0n) is 15.7. The summed E-state index contributed by atoms with van der Waals surface area (Å²) in [6.45, 7) is 3.12. The SMILES string of the molecule is OC(COc1cccc2[nH]ccc12)CN1CCC(Cc2ccccc2)CC1. The second-order valence-electron chi connectivity index (χ2n) is 7.59. The first-order valence-corrected chi connectivity index (χ1v) is 9.91. The molecular formula is C23H28N2O2. The highest BCUT2D eigenvalue weighted by Gasteiger charge is 2.21. The van der Waals surface area contributed by atoms with E-state index in [1.54, 1.807) is 0 Å². The van der Waals surface area contributed by atoms with Crippen LogP contribution in [-0.2, 0) is 6.42 Å². The summed E-state index contributed by atoms with van der Waals surface area (Å²) in [6, 6.07) is 18.7. The molecule has 2 aromatic carbocycles. The third kappa shape index (κ3) is 4.71. The Kier molecular flexibility index (Phi) is 5.75. The molecule has 0 saturated carbocycles. The van der Waals surface area contributed by atoms with Gasteiger partial charge in [-0.25, -0.2) is 0 Å². The number of ether oxygens (including phenoxy) is 1. The number of nitrogens with zero attached hydrogens (tertiary/aromatic N) is 1. The fraction of sp³-hybridized carbons (Fsp3) is 0.391. The number of aromatic nitrogens is 1. The van der Waals surface area contributed by atoms with E-state index in [1.165, 1.54) is 24.8 Å². The van der Waals surface area contributed by atoms with Crippen molar-refractivity contribution in [1.82, 2.24) is 9.88 Å². The van der Waals surface area contributed by atoms with Crippen LogP contribution < -0.4 is 4.74 Å². The Morgan fingerprint density at radius 2 is 1.85 bits per heavy atom. The van der Waals surface area contributed by atoms with Crippen molar-refractivity contribution < 1.29 is 9.84 Å². The molecule has 0 aliphatic carbocycles. The molecule has 1 aliphatic heterocycles. The number of β-amino-alcohol motifs (C(OH)–C–C–N with tert-alkyl or cyclic N) is 1. The van der Waals surface area contributed by atoms with Crippen LogP contribution in [-0.4, -0.2) is 47.3 Å². The molecule has 4 heteroatoms. The van der Waals surface area contributed by atoms with E-state index in [4.69, 9.17) is 4.74 Å². The van der Waals surface area contributed by atoms with Gasteiger partial charge < -0.3 is 19.7 Å². The van der Waals surface area contributed by atoms with E-state index in [0.29, 0.717) is 13.2 Å². The number of piperidine rings is 1. The minimum atomic E-state index is -0.468. The molecule has 0 spiro atoms. The molecule has 27 heavy (non-hydrogen) atoms. The molecule has 3 aromatic rings. The summed E-state index contributed by atoms with van der Waals surface area (Å²) in [6.07, 6.45) is 5.01. The summed E-state index contributed by atoms with van der Waals surface area (Å²) in [5.41, 5.74) is 2.49. The number of aromatic amines is 1. The summed E-state index contributed by atoms with van der Waals surface area (Å²) in [5, 5.41) is 11.5. The second kappa shape index (κ2) is 8.59. The third-order valence-corrected chi connectivity index (χ3v) is 5.53. The zero-order chi connectivity index (χ0) is 18.5. The lowest BCUT2D eigenvalue weighted by molar-refractivity contribution is 0.0555. The van der Waals surface area contributed by atoms with E-state index in [-0.39, 0.29) is 0 Å². The molecule has 0 amide bonds. The first kappa shape index (κ1) is 18.1. The van der Waals surface area contributed by atoms with Crippen molar-refractivity contribution in [2.45, 2.75) is 25.4 Å². The van der Waals surface area contributed by atoms with Gasteiger partial charge in [-0.05, 0) is 62.0 Å². The predicted octanol–water partition coefficient (Wildman–Crippen LogP) is 3.86. The van der Waals surface area contributed by atoms with Gasteiger partial charge in [0.25, 0.3) is 0 Å². The van der Waals surface area contributed by atoms with Gasteiger partial charge in [0.15, 0.2) is 0 Å². The molecular weight excluding hydrogens is 336 g/mol. The van der Waals surface area contributed by atoms with Crippen molar-refractivity contribution in [1.29, 1.82) is 0 Å². The van der Waals surface area contributed by atoms with E-state index in [0.717, 1.165) is 35.7 Å². The van der Waals surface area contributed by atoms with Gasteiger partial charge >= 0.3 is 0 Å². The van der Waals surface area contributed by atoms with Gasteiger partial charge in [-0.3, -0.25) is 0 Å². The maximum atomic E-state index is 10.4. The topological polar surface area (TPSA) is 48.5 Å². The highest BCUT2D eigenvalue weighted by atomic mass is 16.5. The average molecular weight is 364 g/mol. The van der Waals surface area contributed by atoms with Crippen LogP contribution in [0.25, 0.3) is 10.9 Å². The fourth-order valence-electron chi connectivity index (χ4n) is 4.04. The maximum absolute atomic E-state index is 10.4. The van der Waals surface area contributed by atoms with Crippen molar-refractivity contribution in [3.05, 3.63) is 66.4 Å². The Labute approximate surface area is 160 Å². The quantitative estimate of drug-likeness (QED) is 0.669. The number of nitrogens with one attached hydrogen (secondary N) is 1. The Hall–Kier alpha value is -2.30. The van der Waals surface area contributed by atoms with Crippen LogP contribution in [0.4, 0.5) is 0 Å². The molecule has 1 unspecified atom stereocenters. The molecule has 0 radical (unpaired) electrons. The van der Waals surface area contributed by atoms with Crippen molar-refractivity contribution >= 4 is 10.9 Å². The highest BCUT2D eigenvalue weighted by molar-refractivity contribution is 5.85. The molecule has 4 rings (SSSR count). The molecule has 2 N–H and O–H groups in total. The monoisotopic (exact) mass is 364 g/mol. The van der Waals surface area contributed by atoms with Gasteiger partial charge in [0.1, 0.15) is 18.5 Å². The van der Waals surface area contributed by atoms with Crippen molar-refractivity contribution in [3.63, 3.8) is 0 Å². The van der Waals surface area contributed by atoms with Gasteiger partial charge in [-0.15, -0.1) is 0 Å². The summed E-state index contributed by atoms with van der Waals surface area (Å²) in [4.78, 5) is 5.55. The standard InChI is InChI=1S/C23H28N2O2/c26-20(17-27-23-8-4-7-22-21(23)9-12-24-22)16-25-13-10-19(11-14-25)15-18-5-2-1-3-6-18/h1-9,12,19-20,24,26H,10-11,13-17H2. The molecule has 142 valence electrons. The Morgan fingerprint density at radius 3 is 2.67 bits per heavy atom. The Bertz CT molecular complexity index is 838. The highest BCUT2D eigenvalue weighted by Crippen LogP contribution is 2.25. The summed E-state index contributed by atoms with van der Waals surface area (Å²) in [5.74, 6) is 1.58. The number of rotatable bonds is 7. The minimum Gasteiger partial charge on any atom is -0.490 e. The Morgan fingerprint density at radius 1 is 1.04 bits per heavy atom. The van der Waals surface area contributed by atoms with Crippen LogP contribution in [0.2, 0.25) is 0 Å². The average Bonchev–Trinajstić information content (AvgIpc) is 3.18. The molecule has 1 saturated heterocycles. The zero-order valence-corrected chi connectivity index (χ0v) is 15.7. The minimum absolute atomic E-state index is 0.328. The second-order valence-corrected chi connectivity index (χ2v) is 7.59. The summed E-state index contributed by atoms with van der Waals surface area (Å²) >= 11 is 0. The fourth-order valence-corrected chi connectivity index (χ4v) is 4.04. The number of H-pyrrole nitrogens is 1. The van der Waals surface area contributed by atoms with E-state index < -0.39 is 6.10 Å². The summed E-state index contributed by atoms with van der Waals surface area (Å²) in [7, 11) is 0. The first-order valence-electron chi connectivity index (χ1n) is 9.91. The van der Waals surface area contributed by atoms with E-state index in [1.807, 2.05) is 30.5 Å². The predicted molar refractivity (Wildman–Crippen MR) is 109 cm³/mol. The molecule has 1 aromatic heterocycles. The Balaban J connectivity index is 1.21. The molecule has 1 fully saturated rings. The van der Waals surface area contributed by atoms with Gasteiger partial charge in [0.05, 0.1) is 0 Å². The number of fused-ring (bicyclic) bond motifs is 1. The smallest absolute Gasteiger partial charge is 0.128 e.